The zero-order chi connectivity index (χ0) is 15.5. The highest BCUT2D eigenvalue weighted by molar-refractivity contribution is 6.06. The predicted molar refractivity (Wildman–Crippen MR) is 74.3 cm³/mol. The second kappa shape index (κ2) is 5.58. The average Bonchev–Trinajstić information content (AvgIpc) is 2.48. The van der Waals surface area contributed by atoms with Gasteiger partial charge in [0.15, 0.2) is 0 Å². The van der Waals surface area contributed by atoms with E-state index in [1.54, 1.807) is 30.3 Å². The molecule has 0 aliphatic heterocycles. The number of aliphatic carboxylic acids is 1. The monoisotopic (exact) mass is 288 g/mol. The summed E-state index contributed by atoms with van der Waals surface area (Å²) in [4.78, 5) is 33.1. The number of nitrogens with one attached hydrogen (secondary N) is 1. The van der Waals surface area contributed by atoms with E-state index in [1.165, 1.54) is 12.2 Å². The molecule has 1 unspecified atom stereocenters. The van der Waals surface area contributed by atoms with Crippen LogP contribution in [0.5, 0.6) is 0 Å². The minimum atomic E-state index is -2.20. The first kappa shape index (κ1) is 14.4. The number of benzene rings is 1. The van der Waals surface area contributed by atoms with Gasteiger partial charge in [0, 0.05) is 22.3 Å². The van der Waals surface area contributed by atoms with Gasteiger partial charge in [-0.1, -0.05) is 24.3 Å². The molecule has 0 saturated carbocycles. The fourth-order valence-electron chi connectivity index (χ4n) is 1.89. The van der Waals surface area contributed by atoms with Crippen LogP contribution < -0.4 is 5.32 Å². The molecule has 7 heteroatoms. The molecule has 0 spiro atoms. The van der Waals surface area contributed by atoms with Gasteiger partial charge in [0.05, 0.1) is 6.42 Å². The topological polar surface area (TPSA) is 110 Å². The number of amides is 1. The summed E-state index contributed by atoms with van der Waals surface area (Å²) in [6.45, 7) is 0. The summed E-state index contributed by atoms with van der Waals surface area (Å²) in [6.07, 6.45) is 2.99. The van der Waals surface area contributed by atoms with Crippen molar-refractivity contribution in [3.8, 4) is 0 Å². The number of hydrogen-bond donors (Lipinski definition) is 2. The van der Waals surface area contributed by atoms with Crippen LogP contribution in [0.2, 0.25) is 0 Å². The average molecular weight is 288 g/mol. The molecular formula is C14H12N2O5. The number of nitrogens with zero attached hydrogens (tertiary/aromatic N) is 1. The summed E-state index contributed by atoms with van der Waals surface area (Å²) in [5.74, 6) is -2.00. The van der Waals surface area contributed by atoms with Gasteiger partial charge in [-0.2, -0.15) is 0 Å². The molecule has 0 fully saturated rings. The normalized spacial score (nSPS) is 20.5. The SMILES string of the molecule is O=C(Nc1ccccc1)C1=CCC(C(=O)O)([N+](=O)[O-])C=C1. The van der Waals surface area contributed by atoms with Crippen molar-refractivity contribution in [1.29, 1.82) is 0 Å². The zero-order valence-corrected chi connectivity index (χ0v) is 10.9. The Morgan fingerprint density at radius 1 is 1.29 bits per heavy atom. The molecule has 1 amide bonds. The van der Waals surface area contributed by atoms with Crippen molar-refractivity contribution in [2.75, 3.05) is 5.32 Å². The fourth-order valence-corrected chi connectivity index (χ4v) is 1.89. The van der Waals surface area contributed by atoms with Gasteiger partial charge in [-0.15, -0.1) is 0 Å². The molecule has 1 aliphatic carbocycles. The largest absolute Gasteiger partial charge is 0.476 e. The number of carboxylic acids is 1. The third-order valence-electron chi connectivity index (χ3n) is 3.16. The molecule has 2 N–H and O–H groups in total. The van der Waals surface area contributed by atoms with Crippen molar-refractivity contribution >= 4 is 17.6 Å². The Morgan fingerprint density at radius 2 is 1.95 bits per heavy atom. The van der Waals surface area contributed by atoms with Gasteiger partial charge in [-0.05, 0) is 18.2 Å². The van der Waals surface area contributed by atoms with Gasteiger partial charge in [0.2, 0.25) is 0 Å². The van der Waals surface area contributed by atoms with Gasteiger partial charge in [-0.25, -0.2) is 4.79 Å². The van der Waals surface area contributed by atoms with E-state index >= 15 is 0 Å². The fraction of sp³-hybridized carbons (Fsp3) is 0.143. The van der Waals surface area contributed by atoms with Crippen molar-refractivity contribution in [3.05, 3.63) is 64.2 Å². The summed E-state index contributed by atoms with van der Waals surface area (Å²) in [7, 11) is 0. The van der Waals surface area contributed by atoms with Gasteiger partial charge >= 0.3 is 11.5 Å². The Bertz CT molecular complexity index is 635. The summed E-state index contributed by atoms with van der Waals surface area (Å²) in [5, 5.41) is 22.5. The lowest BCUT2D eigenvalue weighted by Gasteiger charge is -2.19. The van der Waals surface area contributed by atoms with Crippen LogP contribution >= 0.6 is 0 Å². The molecular weight excluding hydrogens is 276 g/mol. The van der Waals surface area contributed by atoms with Crippen LogP contribution in [0.3, 0.4) is 0 Å². The van der Waals surface area contributed by atoms with Gasteiger partial charge in [0.1, 0.15) is 0 Å². The van der Waals surface area contributed by atoms with Crippen LogP contribution in [-0.2, 0) is 9.59 Å². The van der Waals surface area contributed by atoms with Gasteiger partial charge in [0.25, 0.3) is 5.91 Å². The molecule has 1 aliphatic rings. The molecule has 108 valence electrons. The number of carboxylic acid groups (broad SMARTS) is 1. The van der Waals surface area contributed by atoms with Crippen molar-refractivity contribution < 1.29 is 19.6 Å². The Labute approximate surface area is 119 Å². The maximum Gasteiger partial charge on any atom is 0.387 e. The number of carbonyl (C=O) groups is 2. The second-order valence-corrected chi connectivity index (χ2v) is 4.50. The van der Waals surface area contributed by atoms with E-state index in [1.807, 2.05) is 0 Å². The Balaban J connectivity index is 2.13. The third kappa shape index (κ3) is 2.81. The maximum atomic E-state index is 12.0. The lowest BCUT2D eigenvalue weighted by Crippen LogP contribution is -2.45. The Hall–Kier alpha value is -2.96. The first-order valence-corrected chi connectivity index (χ1v) is 6.09. The summed E-state index contributed by atoms with van der Waals surface area (Å²) in [5.41, 5.74) is -1.42. The molecule has 1 atom stereocenters. The number of anilines is 1. The van der Waals surface area contributed by atoms with E-state index in [9.17, 15) is 19.7 Å². The van der Waals surface area contributed by atoms with Crippen LogP contribution in [0.15, 0.2) is 54.1 Å². The van der Waals surface area contributed by atoms with Crippen LogP contribution in [-0.4, -0.2) is 27.4 Å². The molecule has 1 aromatic rings. The quantitative estimate of drug-likeness (QED) is 0.646. The number of carbonyl (C=O) groups excluding carboxylic acids is 1. The summed E-state index contributed by atoms with van der Waals surface area (Å²) >= 11 is 0. The lowest BCUT2D eigenvalue weighted by molar-refractivity contribution is -0.540. The number of hydrogen-bond acceptors (Lipinski definition) is 4. The summed E-state index contributed by atoms with van der Waals surface area (Å²) < 4.78 is 0. The van der Waals surface area contributed by atoms with Crippen LogP contribution in [0.25, 0.3) is 0 Å². The highest BCUT2D eigenvalue weighted by atomic mass is 16.6. The van der Waals surface area contributed by atoms with Crippen molar-refractivity contribution in [2.24, 2.45) is 0 Å². The van der Waals surface area contributed by atoms with Crippen LogP contribution in [0, 0.1) is 10.1 Å². The third-order valence-corrected chi connectivity index (χ3v) is 3.16. The lowest BCUT2D eigenvalue weighted by atomic mass is 9.89. The zero-order valence-electron chi connectivity index (χ0n) is 10.9. The van der Waals surface area contributed by atoms with Gasteiger partial charge in [-0.3, -0.25) is 14.9 Å². The minimum absolute atomic E-state index is 0.192. The first-order valence-electron chi connectivity index (χ1n) is 6.09. The van der Waals surface area contributed by atoms with E-state index in [0.29, 0.717) is 5.69 Å². The predicted octanol–water partition coefficient (Wildman–Crippen LogP) is 1.61. The van der Waals surface area contributed by atoms with E-state index < -0.39 is 22.3 Å². The minimum Gasteiger partial charge on any atom is -0.476 e. The number of rotatable bonds is 4. The van der Waals surface area contributed by atoms with Crippen LogP contribution in [0.1, 0.15) is 6.42 Å². The molecule has 2 rings (SSSR count). The molecule has 0 aromatic heterocycles. The maximum absolute atomic E-state index is 12.0. The highest BCUT2D eigenvalue weighted by Crippen LogP contribution is 2.25. The van der Waals surface area contributed by atoms with Crippen molar-refractivity contribution in [3.63, 3.8) is 0 Å². The highest BCUT2D eigenvalue weighted by Gasteiger charge is 2.49. The molecule has 0 heterocycles. The molecule has 0 bridgehead atoms. The Morgan fingerprint density at radius 3 is 2.43 bits per heavy atom. The number of nitro groups is 1. The van der Waals surface area contributed by atoms with E-state index in [-0.39, 0.29) is 12.0 Å². The Kier molecular flexibility index (Phi) is 3.84. The van der Waals surface area contributed by atoms with E-state index in [4.69, 9.17) is 5.11 Å². The molecule has 0 saturated heterocycles. The molecule has 7 nitrogen and oxygen atoms in total. The molecule has 0 radical (unpaired) electrons. The summed E-state index contributed by atoms with van der Waals surface area (Å²) in [6, 6.07) is 8.70. The van der Waals surface area contributed by atoms with Crippen molar-refractivity contribution in [1.82, 2.24) is 0 Å². The van der Waals surface area contributed by atoms with E-state index in [2.05, 4.69) is 5.32 Å². The number of para-hydroxylation sites is 1. The smallest absolute Gasteiger partial charge is 0.387 e. The van der Waals surface area contributed by atoms with Gasteiger partial charge < -0.3 is 10.4 Å². The second-order valence-electron chi connectivity index (χ2n) is 4.50. The van der Waals surface area contributed by atoms with Crippen molar-refractivity contribution in [2.45, 2.75) is 12.0 Å². The molecule has 21 heavy (non-hydrogen) atoms. The van der Waals surface area contributed by atoms with E-state index in [0.717, 1.165) is 6.08 Å². The molecule has 1 aromatic carbocycles. The first-order chi connectivity index (χ1) is 9.95. The van der Waals surface area contributed by atoms with Crippen LogP contribution in [0.4, 0.5) is 5.69 Å². The standard InChI is InChI=1S/C14H12N2O5/c17-12(15-11-4-2-1-3-5-11)10-6-8-14(9-7-10,13(18)19)16(20)21/h1-8H,9H2,(H,15,17)(H,18,19).